The van der Waals surface area contributed by atoms with E-state index in [1.807, 2.05) is 0 Å². The van der Waals surface area contributed by atoms with Crippen molar-refractivity contribution in [1.29, 1.82) is 0 Å². The lowest BCUT2D eigenvalue weighted by Gasteiger charge is -2.23. The summed E-state index contributed by atoms with van der Waals surface area (Å²) in [6.45, 7) is 7.69. The number of hydrogen-bond acceptors (Lipinski definition) is 3. The molecule has 0 fully saturated rings. The molecule has 1 aromatic rings. The van der Waals surface area contributed by atoms with Crippen molar-refractivity contribution in [1.82, 2.24) is 4.90 Å². The Kier molecular flexibility index (Phi) is 6.70. The SMILES string of the molecule is CC(C)CN(CCC(N)=S)CCc1ccsc1. The molecule has 0 radical (unpaired) electrons. The van der Waals surface area contributed by atoms with Crippen LogP contribution in [0.2, 0.25) is 0 Å². The fourth-order valence-corrected chi connectivity index (χ4v) is 2.60. The van der Waals surface area contributed by atoms with Crippen LogP contribution in [0.5, 0.6) is 0 Å². The highest BCUT2D eigenvalue weighted by Crippen LogP contribution is 2.08. The van der Waals surface area contributed by atoms with Crippen molar-refractivity contribution in [3.8, 4) is 0 Å². The summed E-state index contributed by atoms with van der Waals surface area (Å²) >= 11 is 6.71. The molecule has 0 aliphatic rings. The fraction of sp³-hybridized carbons (Fsp3) is 0.615. The standard InChI is InChI=1S/C13H22N2S2/c1-11(2)9-15(7-4-13(14)16)6-3-12-5-8-17-10-12/h5,8,10-11H,3-4,6-7,9H2,1-2H3,(H2,14,16). The van der Waals surface area contributed by atoms with Gasteiger partial charge in [0.05, 0.1) is 4.99 Å². The molecule has 0 spiro atoms. The predicted molar refractivity (Wildman–Crippen MR) is 80.7 cm³/mol. The van der Waals surface area contributed by atoms with E-state index < -0.39 is 0 Å². The minimum atomic E-state index is 0.620. The second kappa shape index (κ2) is 7.80. The molecule has 2 nitrogen and oxygen atoms in total. The van der Waals surface area contributed by atoms with Gasteiger partial charge in [0.25, 0.3) is 0 Å². The topological polar surface area (TPSA) is 29.3 Å². The minimum absolute atomic E-state index is 0.620. The first-order valence-corrected chi connectivity index (χ1v) is 7.44. The number of rotatable bonds is 8. The maximum absolute atomic E-state index is 5.57. The molecule has 1 aromatic heterocycles. The van der Waals surface area contributed by atoms with Crippen LogP contribution in [-0.2, 0) is 6.42 Å². The molecule has 0 atom stereocenters. The molecule has 0 bridgehead atoms. The summed E-state index contributed by atoms with van der Waals surface area (Å²) < 4.78 is 0. The molecule has 96 valence electrons. The van der Waals surface area contributed by atoms with Gasteiger partial charge >= 0.3 is 0 Å². The third kappa shape index (κ3) is 6.76. The quantitative estimate of drug-likeness (QED) is 0.737. The van der Waals surface area contributed by atoms with E-state index in [1.54, 1.807) is 11.3 Å². The van der Waals surface area contributed by atoms with Gasteiger partial charge < -0.3 is 10.6 Å². The van der Waals surface area contributed by atoms with Crippen molar-refractivity contribution in [2.45, 2.75) is 26.7 Å². The molecule has 0 aliphatic carbocycles. The summed E-state index contributed by atoms with van der Waals surface area (Å²) in [5.74, 6) is 0.684. The molecule has 0 unspecified atom stereocenters. The van der Waals surface area contributed by atoms with Gasteiger partial charge in [-0.05, 0) is 34.7 Å². The van der Waals surface area contributed by atoms with Crippen LogP contribution in [0.4, 0.5) is 0 Å². The molecule has 0 aromatic carbocycles. The molecule has 0 saturated heterocycles. The van der Waals surface area contributed by atoms with Crippen molar-refractivity contribution in [2.24, 2.45) is 11.7 Å². The largest absolute Gasteiger partial charge is 0.393 e. The number of thiophene rings is 1. The number of hydrogen-bond donors (Lipinski definition) is 1. The van der Waals surface area contributed by atoms with E-state index in [1.165, 1.54) is 5.56 Å². The zero-order valence-electron chi connectivity index (χ0n) is 10.7. The highest BCUT2D eigenvalue weighted by molar-refractivity contribution is 7.80. The normalized spacial score (nSPS) is 11.3. The van der Waals surface area contributed by atoms with E-state index in [9.17, 15) is 0 Å². The van der Waals surface area contributed by atoms with Gasteiger partial charge in [0.2, 0.25) is 0 Å². The molecule has 4 heteroatoms. The van der Waals surface area contributed by atoms with Crippen molar-refractivity contribution in [3.63, 3.8) is 0 Å². The number of thiocarbonyl (C=S) groups is 1. The van der Waals surface area contributed by atoms with Crippen LogP contribution in [0, 0.1) is 5.92 Å². The highest BCUT2D eigenvalue weighted by atomic mass is 32.1. The van der Waals surface area contributed by atoms with E-state index >= 15 is 0 Å². The number of nitrogens with zero attached hydrogens (tertiary/aromatic N) is 1. The van der Waals surface area contributed by atoms with Crippen LogP contribution in [0.1, 0.15) is 25.8 Å². The Balaban J connectivity index is 2.36. The molecule has 0 saturated carbocycles. The maximum Gasteiger partial charge on any atom is 0.0740 e. The van der Waals surface area contributed by atoms with Gasteiger partial charge in [-0.25, -0.2) is 0 Å². The molecular formula is C13H22N2S2. The third-order valence-corrected chi connectivity index (χ3v) is 3.53. The van der Waals surface area contributed by atoms with Gasteiger partial charge in [0.15, 0.2) is 0 Å². The van der Waals surface area contributed by atoms with E-state index in [2.05, 4.69) is 35.6 Å². The van der Waals surface area contributed by atoms with Crippen molar-refractivity contribution in [3.05, 3.63) is 22.4 Å². The lowest BCUT2D eigenvalue weighted by atomic mass is 10.1. The molecule has 1 rings (SSSR count). The smallest absolute Gasteiger partial charge is 0.0740 e. The Labute approximate surface area is 114 Å². The Morgan fingerprint density at radius 1 is 1.47 bits per heavy atom. The fourth-order valence-electron chi connectivity index (χ4n) is 1.80. The minimum Gasteiger partial charge on any atom is -0.393 e. The average molecular weight is 270 g/mol. The Bertz CT molecular complexity index is 320. The van der Waals surface area contributed by atoms with Gasteiger partial charge in [-0.15, -0.1) is 0 Å². The molecule has 2 N–H and O–H groups in total. The molecular weight excluding hydrogens is 248 g/mol. The van der Waals surface area contributed by atoms with E-state index in [0.29, 0.717) is 10.9 Å². The monoisotopic (exact) mass is 270 g/mol. The van der Waals surface area contributed by atoms with Crippen LogP contribution in [0.15, 0.2) is 16.8 Å². The number of nitrogens with two attached hydrogens (primary N) is 1. The molecule has 0 amide bonds. The van der Waals surface area contributed by atoms with Crippen LogP contribution in [0.25, 0.3) is 0 Å². The Hall–Kier alpha value is -0.450. The second-order valence-corrected chi connectivity index (χ2v) is 6.10. The van der Waals surface area contributed by atoms with Gasteiger partial charge in [-0.3, -0.25) is 0 Å². The summed E-state index contributed by atoms with van der Waals surface area (Å²) in [4.78, 5) is 3.08. The second-order valence-electron chi connectivity index (χ2n) is 4.79. The zero-order valence-corrected chi connectivity index (χ0v) is 12.3. The van der Waals surface area contributed by atoms with Gasteiger partial charge in [0, 0.05) is 26.1 Å². The lowest BCUT2D eigenvalue weighted by molar-refractivity contribution is 0.254. The third-order valence-electron chi connectivity index (χ3n) is 2.59. The van der Waals surface area contributed by atoms with Crippen molar-refractivity contribution >= 4 is 28.5 Å². The molecule has 17 heavy (non-hydrogen) atoms. The maximum atomic E-state index is 5.57. The first-order valence-electron chi connectivity index (χ1n) is 6.09. The van der Waals surface area contributed by atoms with Crippen LogP contribution >= 0.6 is 23.6 Å². The summed E-state index contributed by atoms with van der Waals surface area (Å²) in [6, 6.07) is 2.20. The zero-order chi connectivity index (χ0) is 12.7. The van der Waals surface area contributed by atoms with Crippen molar-refractivity contribution < 1.29 is 0 Å². The van der Waals surface area contributed by atoms with E-state index in [-0.39, 0.29) is 0 Å². The average Bonchev–Trinajstić information content (AvgIpc) is 2.74. The highest BCUT2D eigenvalue weighted by Gasteiger charge is 2.08. The predicted octanol–water partition coefficient (Wildman–Crippen LogP) is 2.92. The van der Waals surface area contributed by atoms with E-state index in [0.717, 1.165) is 32.5 Å². The summed E-state index contributed by atoms with van der Waals surface area (Å²) in [7, 11) is 0. The van der Waals surface area contributed by atoms with Crippen LogP contribution < -0.4 is 5.73 Å². The lowest BCUT2D eigenvalue weighted by Crippen LogP contribution is -2.32. The molecule has 0 aliphatic heterocycles. The van der Waals surface area contributed by atoms with E-state index in [4.69, 9.17) is 18.0 Å². The van der Waals surface area contributed by atoms with Crippen molar-refractivity contribution in [2.75, 3.05) is 19.6 Å². The summed E-state index contributed by atoms with van der Waals surface area (Å²) in [5.41, 5.74) is 7.00. The Morgan fingerprint density at radius 3 is 2.76 bits per heavy atom. The summed E-state index contributed by atoms with van der Waals surface area (Å²) in [5, 5.41) is 4.36. The van der Waals surface area contributed by atoms with Crippen LogP contribution in [0.3, 0.4) is 0 Å². The summed E-state index contributed by atoms with van der Waals surface area (Å²) in [6.07, 6.45) is 1.94. The Morgan fingerprint density at radius 2 is 2.24 bits per heavy atom. The van der Waals surface area contributed by atoms with Gasteiger partial charge in [-0.2, -0.15) is 11.3 Å². The van der Waals surface area contributed by atoms with Gasteiger partial charge in [0.1, 0.15) is 0 Å². The first-order chi connectivity index (χ1) is 8.08. The first kappa shape index (κ1) is 14.6. The molecule has 1 heterocycles. The van der Waals surface area contributed by atoms with Gasteiger partial charge in [-0.1, -0.05) is 26.1 Å². The van der Waals surface area contributed by atoms with Crippen LogP contribution in [-0.4, -0.2) is 29.5 Å².